The molecule has 20 heavy (non-hydrogen) atoms. The highest BCUT2D eigenvalue weighted by Crippen LogP contribution is 2.44. The number of halogens is 3. The van der Waals surface area contributed by atoms with E-state index in [1.54, 1.807) is 6.92 Å². The summed E-state index contributed by atoms with van der Waals surface area (Å²) in [6.07, 6.45) is -2.05. The van der Waals surface area contributed by atoms with Crippen LogP contribution in [0.25, 0.3) is 0 Å². The Hall–Kier alpha value is -1.03. The SMILES string of the molecule is Cc1cc(C(F)(F)F)ccc1C1(O)CC(C)CC(C)C1. The average Bonchev–Trinajstić information content (AvgIpc) is 2.25. The van der Waals surface area contributed by atoms with Crippen molar-refractivity contribution in [2.45, 2.75) is 51.8 Å². The highest BCUT2D eigenvalue weighted by Gasteiger charge is 2.39. The first-order valence-corrected chi connectivity index (χ1v) is 7.02. The molecule has 1 aliphatic carbocycles. The maximum atomic E-state index is 12.7. The smallest absolute Gasteiger partial charge is 0.385 e. The average molecular weight is 286 g/mol. The van der Waals surface area contributed by atoms with E-state index in [2.05, 4.69) is 13.8 Å². The summed E-state index contributed by atoms with van der Waals surface area (Å²) in [5.74, 6) is 0.760. The summed E-state index contributed by atoms with van der Waals surface area (Å²) in [5.41, 5.74) is -0.488. The molecule has 1 N–H and O–H groups in total. The Morgan fingerprint density at radius 2 is 1.70 bits per heavy atom. The number of rotatable bonds is 1. The summed E-state index contributed by atoms with van der Waals surface area (Å²) in [4.78, 5) is 0. The summed E-state index contributed by atoms with van der Waals surface area (Å²) < 4.78 is 38.1. The molecule has 0 spiro atoms. The van der Waals surface area contributed by atoms with Gasteiger partial charge >= 0.3 is 6.18 Å². The number of benzene rings is 1. The minimum atomic E-state index is -4.33. The maximum Gasteiger partial charge on any atom is 0.416 e. The van der Waals surface area contributed by atoms with Gasteiger partial charge in [0, 0.05) is 0 Å². The summed E-state index contributed by atoms with van der Waals surface area (Å²) in [6.45, 7) is 5.81. The van der Waals surface area contributed by atoms with Crippen LogP contribution >= 0.6 is 0 Å². The fourth-order valence-electron chi connectivity index (χ4n) is 3.67. The van der Waals surface area contributed by atoms with Gasteiger partial charge < -0.3 is 5.11 Å². The van der Waals surface area contributed by atoms with E-state index in [1.165, 1.54) is 6.07 Å². The molecular formula is C16H21F3O. The van der Waals surface area contributed by atoms with Crippen LogP contribution in [0.1, 0.15) is 49.8 Å². The first kappa shape index (κ1) is 15.4. The molecule has 0 heterocycles. The predicted octanol–water partition coefficient (Wildman–Crippen LogP) is 4.66. The molecule has 2 atom stereocenters. The number of hydrogen-bond donors (Lipinski definition) is 1. The van der Waals surface area contributed by atoms with Crippen LogP contribution in [0, 0.1) is 18.8 Å². The molecule has 2 unspecified atom stereocenters. The summed E-state index contributed by atoms with van der Waals surface area (Å²) in [7, 11) is 0. The van der Waals surface area contributed by atoms with E-state index < -0.39 is 17.3 Å². The second-order valence-corrected chi connectivity index (χ2v) is 6.41. The third-order valence-corrected chi connectivity index (χ3v) is 4.23. The lowest BCUT2D eigenvalue weighted by atomic mass is 9.70. The van der Waals surface area contributed by atoms with E-state index in [0.29, 0.717) is 35.8 Å². The zero-order chi connectivity index (χ0) is 15.1. The van der Waals surface area contributed by atoms with Crippen molar-refractivity contribution in [3.63, 3.8) is 0 Å². The van der Waals surface area contributed by atoms with Crippen molar-refractivity contribution in [1.82, 2.24) is 0 Å². The van der Waals surface area contributed by atoms with Gasteiger partial charge in [-0.15, -0.1) is 0 Å². The first-order valence-electron chi connectivity index (χ1n) is 7.02. The third kappa shape index (κ3) is 3.00. The zero-order valence-corrected chi connectivity index (χ0v) is 12.1. The van der Waals surface area contributed by atoms with Gasteiger partial charge in [0.2, 0.25) is 0 Å². The normalized spacial score (nSPS) is 31.4. The number of aryl methyl sites for hydroxylation is 1. The molecule has 0 amide bonds. The predicted molar refractivity (Wildman–Crippen MR) is 72.3 cm³/mol. The lowest BCUT2D eigenvalue weighted by Gasteiger charge is -2.40. The van der Waals surface area contributed by atoms with Gasteiger partial charge in [0.15, 0.2) is 0 Å². The zero-order valence-electron chi connectivity index (χ0n) is 12.1. The minimum absolute atomic E-state index is 0.380. The van der Waals surface area contributed by atoms with Crippen molar-refractivity contribution in [3.05, 3.63) is 34.9 Å². The van der Waals surface area contributed by atoms with Gasteiger partial charge in [-0.05, 0) is 61.3 Å². The lowest BCUT2D eigenvalue weighted by Crippen LogP contribution is -2.36. The largest absolute Gasteiger partial charge is 0.416 e. The summed E-state index contributed by atoms with van der Waals surface area (Å²) >= 11 is 0. The number of hydrogen-bond acceptors (Lipinski definition) is 1. The third-order valence-electron chi connectivity index (χ3n) is 4.23. The minimum Gasteiger partial charge on any atom is -0.385 e. The second kappa shape index (κ2) is 5.06. The Labute approximate surface area is 117 Å². The molecule has 1 fully saturated rings. The fourth-order valence-corrected chi connectivity index (χ4v) is 3.67. The molecule has 1 aromatic rings. The van der Waals surface area contributed by atoms with Gasteiger partial charge in [0.1, 0.15) is 0 Å². The van der Waals surface area contributed by atoms with Gasteiger partial charge in [0.25, 0.3) is 0 Å². The van der Waals surface area contributed by atoms with Crippen molar-refractivity contribution in [2.75, 3.05) is 0 Å². The molecular weight excluding hydrogens is 265 g/mol. The van der Waals surface area contributed by atoms with E-state index in [4.69, 9.17) is 0 Å². The number of alkyl halides is 3. The van der Waals surface area contributed by atoms with E-state index in [9.17, 15) is 18.3 Å². The van der Waals surface area contributed by atoms with Crippen LogP contribution in [0.2, 0.25) is 0 Å². The van der Waals surface area contributed by atoms with Crippen molar-refractivity contribution in [3.8, 4) is 0 Å². The van der Waals surface area contributed by atoms with Crippen molar-refractivity contribution in [1.29, 1.82) is 0 Å². The van der Waals surface area contributed by atoms with E-state index in [0.717, 1.165) is 18.6 Å². The van der Waals surface area contributed by atoms with E-state index >= 15 is 0 Å². The molecule has 1 aliphatic rings. The molecule has 1 saturated carbocycles. The molecule has 0 bridgehead atoms. The number of aliphatic hydroxyl groups is 1. The van der Waals surface area contributed by atoms with Crippen LogP contribution in [-0.2, 0) is 11.8 Å². The van der Waals surface area contributed by atoms with Gasteiger partial charge in [-0.1, -0.05) is 19.9 Å². The molecule has 2 rings (SSSR count). The summed E-state index contributed by atoms with van der Waals surface area (Å²) in [6, 6.07) is 3.66. The molecule has 0 radical (unpaired) electrons. The molecule has 112 valence electrons. The quantitative estimate of drug-likeness (QED) is 0.796. The topological polar surface area (TPSA) is 20.2 Å². The standard InChI is InChI=1S/C16H21F3O/c1-10-6-11(2)9-15(20,8-10)14-5-4-13(7-12(14)3)16(17,18)19/h4-5,7,10-11,20H,6,8-9H2,1-3H3. The van der Waals surface area contributed by atoms with Gasteiger partial charge in [-0.25, -0.2) is 0 Å². The Bertz CT molecular complexity index is 483. The second-order valence-electron chi connectivity index (χ2n) is 6.41. The molecule has 1 nitrogen and oxygen atoms in total. The molecule has 0 aliphatic heterocycles. The van der Waals surface area contributed by atoms with Crippen LogP contribution in [0.5, 0.6) is 0 Å². The first-order chi connectivity index (χ1) is 9.12. The van der Waals surface area contributed by atoms with Crippen molar-refractivity contribution >= 4 is 0 Å². The van der Waals surface area contributed by atoms with Crippen LogP contribution in [-0.4, -0.2) is 5.11 Å². The van der Waals surface area contributed by atoms with Crippen LogP contribution in [0.15, 0.2) is 18.2 Å². The van der Waals surface area contributed by atoms with E-state index in [1.807, 2.05) is 0 Å². The Balaban J connectivity index is 2.37. The van der Waals surface area contributed by atoms with E-state index in [-0.39, 0.29) is 0 Å². The Kier molecular flexibility index (Phi) is 3.89. The molecule has 0 saturated heterocycles. The molecule has 1 aromatic carbocycles. The Morgan fingerprint density at radius 3 is 2.15 bits per heavy atom. The van der Waals surface area contributed by atoms with Gasteiger partial charge in [-0.2, -0.15) is 13.2 Å². The fraction of sp³-hybridized carbons (Fsp3) is 0.625. The lowest BCUT2D eigenvalue weighted by molar-refractivity contribution is -0.137. The Morgan fingerprint density at radius 1 is 1.15 bits per heavy atom. The molecule has 4 heteroatoms. The highest BCUT2D eigenvalue weighted by atomic mass is 19.4. The monoisotopic (exact) mass is 286 g/mol. The van der Waals surface area contributed by atoms with Crippen LogP contribution in [0.3, 0.4) is 0 Å². The van der Waals surface area contributed by atoms with Crippen LogP contribution in [0.4, 0.5) is 13.2 Å². The van der Waals surface area contributed by atoms with Crippen molar-refractivity contribution < 1.29 is 18.3 Å². The van der Waals surface area contributed by atoms with Gasteiger partial charge in [-0.3, -0.25) is 0 Å². The summed E-state index contributed by atoms with van der Waals surface area (Å²) in [5, 5.41) is 10.9. The van der Waals surface area contributed by atoms with Crippen LogP contribution < -0.4 is 0 Å². The molecule has 0 aromatic heterocycles. The van der Waals surface area contributed by atoms with Crippen molar-refractivity contribution in [2.24, 2.45) is 11.8 Å². The maximum absolute atomic E-state index is 12.7. The van der Waals surface area contributed by atoms with Gasteiger partial charge in [0.05, 0.1) is 11.2 Å². The highest BCUT2D eigenvalue weighted by molar-refractivity contribution is 5.36.